The molecular formula is C12H11IN2O. The molecule has 3 nitrogen and oxygen atoms in total. The lowest BCUT2D eigenvalue weighted by molar-refractivity contribution is 0.762. The van der Waals surface area contributed by atoms with E-state index in [2.05, 4.69) is 22.6 Å². The van der Waals surface area contributed by atoms with E-state index in [0.29, 0.717) is 6.54 Å². The van der Waals surface area contributed by atoms with Crippen LogP contribution in [0.5, 0.6) is 0 Å². The van der Waals surface area contributed by atoms with E-state index in [1.165, 1.54) is 3.57 Å². The summed E-state index contributed by atoms with van der Waals surface area (Å²) in [5.74, 6) is 0. The van der Waals surface area contributed by atoms with Crippen LogP contribution in [0.15, 0.2) is 47.4 Å². The minimum atomic E-state index is -0.138. The van der Waals surface area contributed by atoms with Gasteiger partial charge in [0.2, 0.25) is 0 Å². The Labute approximate surface area is 107 Å². The maximum absolute atomic E-state index is 11.7. The van der Waals surface area contributed by atoms with Gasteiger partial charge in [0, 0.05) is 9.77 Å². The Morgan fingerprint density at radius 1 is 1.19 bits per heavy atom. The van der Waals surface area contributed by atoms with E-state index in [0.717, 1.165) is 5.56 Å². The third-order valence-corrected chi connectivity index (χ3v) is 3.03. The molecule has 0 aliphatic carbocycles. The van der Waals surface area contributed by atoms with Gasteiger partial charge in [0.05, 0.1) is 12.2 Å². The number of benzene rings is 1. The minimum Gasteiger partial charge on any atom is -0.394 e. The third-order valence-electron chi connectivity index (χ3n) is 2.32. The van der Waals surface area contributed by atoms with Crippen LogP contribution < -0.4 is 11.3 Å². The first-order valence-corrected chi connectivity index (χ1v) is 5.94. The minimum absolute atomic E-state index is 0.138. The van der Waals surface area contributed by atoms with Gasteiger partial charge in [-0.3, -0.25) is 4.79 Å². The number of nitrogens with zero attached hydrogens (tertiary/aromatic N) is 1. The molecule has 82 valence electrons. The lowest BCUT2D eigenvalue weighted by atomic mass is 10.2. The molecule has 2 aromatic rings. The van der Waals surface area contributed by atoms with Crippen LogP contribution in [0.25, 0.3) is 0 Å². The van der Waals surface area contributed by atoms with Gasteiger partial charge in [-0.2, -0.15) is 0 Å². The predicted molar refractivity (Wildman–Crippen MR) is 73.4 cm³/mol. The average Bonchev–Trinajstić information content (AvgIpc) is 2.28. The van der Waals surface area contributed by atoms with E-state index in [1.54, 1.807) is 22.9 Å². The van der Waals surface area contributed by atoms with Crippen molar-refractivity contribution >= 4 is 28.3 Å². The highest BCUT2D eigenvalue weighted by molar-refractivity contribution is 14.1. The molecule has 4 heteroatoms. The van der Waals surface area contributed by atoms with Crippen molar-refractivity contribution in [1.82, 2.24) is 4.57 Å². The molecular weight excluding hydrogens is 315 g/mol. The first-order valence-electron chi connectivity index (χ1n) is 4.86. The van der Waals surface area contributed by atoms with Gasteiger partial charge in [0.25, 0.3) is 5.56 Å². The molecule has 2 N–H and O–H groups in total. The summed E-state index contributed by atoms with van der Waals surface area (Å²) >= 11 is 2.25. The fourth-order valence-corrected chi connectivity index (χ4v) is 1.83. The largest absolute Gasteiger partial charge is 0.394 e. The number of nitrogens with two attached hydrogens (primary N) is 1. The Balaban J connectivity index is 2.31. The maximum Gasteiger partial charge on any atom is 0.273 e. The van der Waals surface area contributed by atoms with E-state index >= 15 is 0 Å². The molecule has 0 aliphatic rings. The monoisotopic (exact) mass is 326 g/mol. The quantitative estimate of drug-likeness (QED) is 0.859. The van der Waals surface area contributed by atoms with Crippen molar-refractivity contribution in [2.24, 2.45) is 0 Å². The number of halogens is 1. The Bertz CT molecular complexity index is 546. The topological polar surface area (TPSA) is 48.0 Å². The van der Waals surface area contributed by atoms with Gasteiger partial charge in [-0.05, 0) is 52.4 Å². The summed E-state index contributed by atoms with van der Waals surface area (Å²) in [7, 11) is 0. The van der Waals surface area contributed by atoms with Crippen LogP contribution >= 0.6 is 22.6 Å². The van der Waals surface area contributed by atoms with Crippen molar-refractivity contribution in [3.05, 3.63) is 62.1 Å². The zero-order valence-corrected chi connectivity index (χ0v) is 10.7. The summed E-state index contributed by atoms with van der Waals surface area (Å²) in [6.07, 6.45) is 1.75. The lowest BCUT2D eigenvalue weighted by Crippen LogP contribution is -2.22. The van der Waals surface area contributed by atoms with Crippen LogP contribution in [0.4, 0.5) is 5.69 Å². The molecule has 1 aromatic heterocycles. The fourth-order valence-electron chi connectivity index (χ4n) is 1.47. The highest BCUT2D eigenvalue weighted by Crippen LogP contribution is 2.07. The average molecular weight is 326 g/mol. The normalized spacial score (nSPS) is 10.3. The highest BCUT2D eigenvalue weighted by Gasteiger charge is 2.00. The van der Waals surface area contributed by atoms with Gasteiger partial charge in [0.15, 0.2) is 0 Å². The van der Waals surface area contributed by atoms with Gasteiger partial charge in [-0.25, -0.2) is 0 Å². The summed E-state index contributed by atoms with van der Waals surface area (Å²) in [4.78, 5) is 11.7. The number of pyridine rings is 1. The van der Waals surface area contributed by atoms with Crippen molar-refractivity contribution < 1.29 is 0 Å². The second-order valence-electron chi connectivity index (χ2n) is 3.52. The van der Waals surface area contributed by atoms with Crippen LogP contribution in [0.1, 0.15) is 5.56 Å². The molecule has 2 rings (SSSR count). The molecule has 0 radical (unpaired) electrons. The maximum atomic E-state index is 11.7. The van der Waals surface area contributed by atoms with Gasteiger partial charge < -0.3 is 10.3 Å². The van der Waals surface area contributed by atoms with Crippen LogP contribution in [0, 0.1) is 3.57 Å². The van der Waals surface area contributed by atoms with Gasteiger partial charge >= 0.3 is 0 Å². The van der Waals surface area contributed by atoms with E-state index in [-0.39, 0.29) is 11.2 Å². The molecule has 16 heavy (non-hydrogen) atoms. The molecule has 0 spiro atoms. The second kappa shape index (κ2) is 4.69. The number of anilines is 1. The SMILES string of the molecule is Nc1cccn(Cc2ccc(I)cc2)c1=O. The Morgan fingerprint density at radius 3 is 2.56 bits per heavy atom. The van der Waals surface area contributed by atoms with E-state index in [9.17, 15) is 4.79 Å². The highest BCUT2D eigenvalue weighted by atomic mass is 127. The van der Waals surface area contributed by atoms with Crippen molar-refractivity contribution in [3.63, 3.8) is 0 Å². The number of nitrogen functional groups attached to an aromatic ring is 1. The smallest absolute Gasteiger partial charge is 0.273 e. The molecule has 0 unspecified atom stereocenters. The summed E-state index contributed by atoms with van der Waals surface area (Å²) in [5, 5.41) is 0. The summed E-state index contributed by atoms with van der Waals surface area (Å²) < 4.78 is 2.79. The molecule has 0 fully saturated rings. The number of aromatic nitrogens is 1. The second-order valence-corrected chi connectivity index (χ2v) is 4.77. The number of hydrogen-bond acceptors (Lipinski definition) is 2. The van der Waals surface area contributed by atoms with Crippen LogP contribution in [-0.4, -0.2) is 4.57 Å². The van der Waals surface area contributed by atoms with Crippen LogP contribution in [-0.2, 0) is 6.54 Å². The number of hydrogen-bond donors (Lipinski definition) is 1. The van der Waals surface area contributed by atoms with Gasteiger partial charge in [0.1, 0.15) is 0 Å². The fraction of sp³-hybridized carbons (Fsp3) is 0.0833. The molecule has 0 atom stereocenters. The van der Waals surface area contributed by atoms with E-state index in [1.807, 2.05) is 24.3 Å². The van der Waals surface area contributed by atoms with Gasteiger partial charge in [-0.1, -0.05) is 12.1 Å². The van der Waals surface area contributed by atoms with Crippen molar-refractivity contribution in [3.8, 4) is 0 Å². The molecule has 0 saturated carbocycles. The van der Waals surface area contributed by atoms with Gasteiger partial charge in [-0.15, -0.1) is 0 Å². The van der Waals surface area contributed by atoms with Crippen molar-refractivity contribution in [2.75, 3.05) is 5.73 Å². The number of rotatable bonds is 2. The predicted octanol–water partition coefficient (Wildman–Crippen LogP) is 2.08. The Morgan fingerprint density at radius 2 is 1.88 bits per heavy atom. The zero-order valence-electron chi connectivity index (χ0n) is 8.56. The lowest BCUT2D eigenvalue weighted by Gasteiger charge is -2.06. The standard InChI is InChI=1S/C12H11IN2O/c13-10-5-3-9(4-6-10)8-15-7-1-2-11(14)12(15)16/h1-7H,8,14H2. The summed E-state index contributed by atoms with van der Waals surface area (Å²) in [6, 6.07) is 11.5. The van der Waals surface area contributed by atoms with Crippen LogP contribution in [0.2, 0.25) is 0 Å². The summed E-state index contributed by atoms with van der Waals surface area (Å²) in [6.45, 7) is 0.556. The van der Waals surface area contributed by atoms with Crippen molar-refractivity contribution in [2.45, 2.75) is 6.54 Å². The third kappa shape index (κ3) is 2.44. The first kappa shape index (κ1) is 11.2. The van der Waals surface area contributed by atoms with E-state index < -0.39 is 0 Å². The van der Waals surface area contributed by atoms with Crippen LogP contribution in [0.3, 0.4) is 0 Å². The van der Waals surface area contributed by atoms with E-state index in [4.69, 9.17) is 5.73 Å². The zero-order chi connectivity index (χ0) is 11.5. The Hall–Kier alpha value is -1.30. The molecule has 0 aliphatic heterocycles. The summed E-state index contributed by atoms with van der Waals surface area (Å²) in [5.41, 5.74) is 6.80. The molecule has 0 amide bonds. The Kier molecular flexibility index (Phi) is 3.28. The first-order chi connectivity index (χ1) is 7.66. The molecule has 1 heterocycles. The molecule has 1 aromatic carbocycles. The molecule has 0 saturated heterocycles. The molecule has 0 bridgehead atoms. The van der Waals surface area contributed by atoms with Crippen molar-refractivity contribution in [1.29, 1.82) is 0 Å².